The van der Waals surface area contributed by atoms with Crippen molar-refractivity contribution in [3.8, 4) is 0 Å². The molecule has 1 fully saturated rings. The zero-order valence-electron chi connectivity index (χ0n) is 7.12. The molecular weight excluding hydrogens is 192 g/mol. The van der Waals surface area contributed by atoms with Crippen LogP contribution in [0.25, 0.3) is 0 Å². The van der Waals surface area contributed by atoms with E-state index in [1.807, 2.05) is 0 Å². The third-order valence-corrected chi connectivity index (χ3v) is 2.07. The first-order valence-electron chi connectivity index (χ1n) is 3.87. The quantitative estimate of drug-likeness (QED) is 0.420. The van der Waals surface area contributed by atoms with E-state index in [1.54, 1.807) is 0 Å². The molecule has 14 heavy (non-hydrogen) atoms. The smallest absolute Gasteiger partial charge is 0.408 e. The van der Waals surface area contributed by atoms with E-state index < -0.39 is 24.1 Å². The second-order valence-corrected chi connectivity index (χ2v) is 2.83. The zero-order valence-corrected chi connectivity index (χ0v) is 7.12. The van der Waals surface area contributed by atoms with Crippen molar-refractivity contribution < 1.29 is 19.8 Å². The Balaban J connectivity index is 2.90. The van der Waals surface area contributed by atoms with Gasteiger partial charge in [-0.1, -0.05) is 0 Å². The summed E-state index contributed by atoms with van der Waals surface area (Å²) < 4.78 is 0. The van der Waals surface area contributed by atoms with Crippen molar-refractivity contribution in [2.75, 3.05) is 6.54 Å². The minimum absolute atomic E-state index is 0.107. The van der Waals surface area contributed by atoms with Crippen LogP contribution in [-0.2, 0) is 4.79 Å². The van der Waals surface area contributed by atoms with Crippen LogP contribution < -0.4 is 4.91 Å². The van der Waals surface area contributed by atoms with E-state index in [9.17, 15) is 9.59 Å². The van der Waals surface area contributed by atoms with Gasteiger partial charge in [0.15, 0.2) is 12.1 Å². The number of nitrogens with zero attached hydrogens (tertiary/aromatic N) is 3. The summed E-state index contributed by atoms with van der Waals surface area (Å²) in [6.07, 6.45) is -1.01. The zero-order chi connectivity index (χ0) is 10.7. The topological polar surface area (TPSA) is 128 Å². The Labute approximate surface area is 78.4 Å². The Morgan fingerprint density at radius 1 is 1.50 bits per heavy atom. The van der Waals surface area contributed by atoms with Crippen molar-refractivity contribution in [3.63, 3.8) is 0 Å². The van der Waals surface area contributed by atoms with Crippen molar-refractivity contribution in [1.82, 2.24) is 9.81 Å². The van der Waals surface area contributed by atoms with Gasteiger partial charge in [-0.3, -0.25) is 4.90 Å². The molecule has 0 aliphatic carbocycles. The van der Waals surface area contributed by atoms with Crippen LogP contribution in [0, 0.1) is 5.53 Å². The summed E-state index contributed by atoms with van der Waals surface area (Å²) in [6.45, 7) is 0.107. The van der Waals surface area contributed by atoms with Gasteiger partial charge < -0.3 is 10.2 Å². The van der Waals surface area contributed by atoms with Gasteiger partial charge in [-0.2, -0.15) is 0 Å². The lowest BCUT2D eigenvalue weighted by Gasteiger charge is -2.17. The van der Waals surface area contributed by atoms with Crippen LogP contribution >= 0.6 is 0 Å². The Kier molecular flexibility index (Phi) is 2.78. The standard InChI is InChI=1S/C6H8N4O4/c7-9-8-3-1-2-10(6(13)14)4(3)5(11)12/h3-4,7H,1-2H2,(H-,11,12,13,14)/p+1. The van der Waals surface area contributed by atoms with Gasteiger partial charge >= 0.3 is 12.1 Å². The first-order chi connectivity index (χ1) is 6.57. The molecule has 0 aromatic carbocycles. The Morgan fingerprint density at radius 2 is 2.14 bits per heavy atom. The number of carboxylic acid groups (broad SMARTS) is 2. The number of carbonyl (C=O) groups is 2. The van der Waals surface area contributed by atoms with Crippen molar-refractivity contribution >= 4 is 12.1 Å². The van der Waals surface area contributed by atoms with Crippen LogP contribution in [0.4, 0.5) is 4.79 Å². The minimum Gasteiger partial charge on any atom is -0.480 e. The van der Waals surface area contributed by atoms with Crippen LogP contribution in [-0.4, -0.2) is 45.8 Å². The molecule has 0 bridgehead atoms. The molecule has 1 saturated heterocycles. The number of hydrogen-bond donors (Lipinski definition) is 3. The van der Waals surface area contributed by atoms with Gasteiger partial charge in [-0.25, -0.2) is 9.59 Å². The molecule has 0 saturated carbocycles. The van der Waals surface area contributed by atoms with Crippen LogP contribution in [0.15, 0.2) is 5.11 Å². The van der Waals surface area contributed by atoms with Crippen LogP contribution in [0.5, 0.6) is 0 Å². The largest absolute Gasteiger partial charge is 0.480 e. The third-order valence-electron chi connectivity index (χ3n) is 2.07. The van der Waals surface area contributed by atoms with Gasteiger partial charge in [-0.05, 0) is 6.42 Å². The maximum Gasteiger partial charge on any atom is 0.408 e. The molecule has 1 rings (SSSR count). The maximum atomic E-state index is 10.7. The number of rotatable bonds is 2. The third kappa shape index (κ3) is 1.69. The number of nitrogens with one attached hydrogen (secondary N) is 1. The molecule has 8 nitrogen and oxygen atoms in total. The van der Waals surface area contributed by atoms with E-state index in [0.717, 1.165) is 4.90 Å². The highest BCUT2D eigenvalue weighted by Crippen LogP contribution is 2.20. The fraction of sp³-hybridized carbons (Fsp3) is 0.667. The average Bonchev–Trinajstić information content (AvgIpc) is 2.48. The lowest BCUT2D eigenvalue weighted by molar-refractivity contribution is -0.142. The van der Waals surface area contributed by atoms with E-state index in [0.29, 0.717) is 0 Å². The lowest BCUT2D eigenvalue weighted by atomic mass is 10.1. The van der Waals surface area contributed by atoms with Gasteiger partial charge in [0, 0.05) is 6.54 Å². The Bertz CT molecular complexity index is 301. The molecule has 1 aliphatic heterocycles. The monoisotopic (exact) mass is 201 g/mol. The highest BCUT2D eigenvalue weighted by atomic mass is 16.4. The number of aliphatic carboxylic acids is 1. The van der Waals surface area contributed by atoms with E-state index in [4.69, 9.17) is 15.7 Å². The summed E-state index contributed by atoms with van der Waals surface area (Å²) in [5.41, 5.74) is 6.47. The van der Waals surface area contributed by atoms with E-state index >= 15 is 0 Å². The SMILES string of the molecule is N=[N+]=NC1CCN(C(=O)O)C1C(=O)O. The molecule has 0 aromatic rings. The fourth-order valence-corrected chi connectivity index (χ4v) is 1.48. The minimum atomic E-state index is -1.29. The highest BCUT2D eigenvalue weighted by molar-refractivity contribution is 5.81. The fourth-order valence-electron chi connectivity index (χ4n) is 1.48. The number of likely N-dealkylation sites (tertiary alicyclic amines) is 1. The van der Waals surface area contributed by atoms with Crippen LogP contribution in [0.2, 0.25) is 0 Å². The van der Waals surface area contributed by atoms with Gasteiger partial charge in [0.05, 0.1) is 0 Å². The summed E-state index contributed by atoms with van der Waals surface area (Å²) >= 11 is 0. The average molecular weight is 201 g/mol. The van der Waals surface area contributed by atoms with E-state index in [-0.39, 0.29) is 13.0 Å². The molecule has 8 heteroatoms. The van der Waals surface area contributed by atoms with E-state index in [1.165, 1.54) is 0 Å². The molecule has 0 radical (unpaired) electrons. The van der Waals surface area contributed by atoms with Crippen LogP contribution in [0.1, 0.15) is 6.42 Å². The first-order valence-corrected chi connectivity index (χ1v) is 3.87. The number of carboxylic acids is 1. The van der Waals surface area contributed by atoms with E-state index in [2.05, 4.69) is 10.0 Å². The molecule has 1 aliphatic rings. The summed E-state index contributed by atoms with van der Waals surface area (Å²) in [7, 11) is 0. The molecular formula is C6H9N4O4+. The second-order valence-electron chi connectivity index (χ2n) is 2.83. The van der Waals surface area contributed by atoms with Crippen LogP contribution in [0.3, 0.4) is 0 Å². The molecule has 1 amide bonds. The van der Waals surface area contributed by atoms with Gasteiger partial charge in [0.25, 0.3) is 0 Å². The Hall–Kier alpha value is -1.95. The molecule has 3 N–H and O–H groups in total. The molecule has 2 atom stereocenters. The van der Waals surface area contributed by atoms with Crippen molar-refractivity contribution in [2.45, 2.75) is 18.5 Å². The molecule has 1 heterocycles. The maximum absolute atomic E-state index is 10.7. The Morgan fingerprint density at radius 3 is 2.57 bits per heavy atom. The summed E-state index contributed by atoms with van der Waals surface area (Å²) in [5.74, 6) is -1.26. The lowest BCUT2D eigenvalue weighted by Crippen LogP contribution is -2.43. The van der Waals surface area contributed by atoms with Gasteiger partial charge in [-0.15, -0.1) is 0 Å². The summed E-state index contributed by atoms with van der Waals surface area (Å²) in [5, 5.41) is 20.8. The molecule has 0 spiro atoms. The normalized spacial score (nSPS) is 25.6. The predicted octanol–water partition coefficient (Wildman–Crippen LogP) is -0.258. The van der Waals surface area contributed by atoms with Crippen molar-refractivity contribution in [3.05, 3.63) is 0 Å². The number of hydrogen-bond acceptors (Lipinski definition) is 4. The first kappa shape index (κ1) is 10.1. The predicted molar refractivity (Wildman–Crippen MR) is 41.8 cm³/mol. The van der Waals surface area contributed by atoms with Gasteiger partial charge in [0.1, 0.15) is 10.6 Å². The molecule has 0 aromatic heterocycles. The summed E-state index contributed by atoms with van der Waals surface area (Å²) in [6, 6.07) is -1.97. The molecule has 76 valence electrons. The van der Waals surface area contributed by atoms with Gasteiger partial charge in [0.2, 0.25) is 4.91 Å². The van der Waals surface area contributed by atoms with Crippen molar-refractivity contribution in [1.29, 1.82) is 5.53 Å². The molecule has 2 unspecified atom stereocenters. The second kappa shape index (κ2) is 3.84. The highest BCUT2D eigenvalue weighted by Gasteiger charge is 2.45. The van der Waals surface area contributed by atoms with Crippen molar-refractivity contribution in [2.24, 2.45) is 5.11 Å². The summed E-state index contributed by atoms with van der Waals surface area (Å²) in [4.78, 5) is 24.9. The number of amides is 1.